The molecule has 2 aromatic heterocycles. The predicted molar refractivity (Wildman–Crippen MR) is 99.0 cm³/mol. The van der Waals surface area contributed by atoms with Crippen molar-refractivity contribution < 1.29 is 9.32 Å². The van der Waals surface area contributed by atoms with E-state index in [1.807, 2.05) is 51.1 Å². The normalized spacial score (nSPS) is 11.2. The minimum Gasteiger partial charge on any atom is -0.336 e. The van der Waals surface area contributed by atoms with Crippen molar-refractivity contribution in [2.45, 2.75) is 46.5 Å². The summed E-state index contributed by atoms with van der Waals surface area (Å²) < 4.78 is 5.30. The van der Waals surface area contributed by atoms with E-state index in [4.69, 9.17) is 4.52 Å². The molecule has 1 aromatic carbocycles. The van der Waals surface area contributed by atoms with Crippen molar-refractivity contribution in [3.63, 3.8) is 0 Å². The third-order valence-corrected chi connectivity index (χ3v) is 4.26. The van der Waals surface area contributed by atoms with Gasteiger partial charge in [0.15, 0.2) is 0 Å². The molecule has 5 nitrogen and oxygen atoms in total. The SMILES string of the molecule is CCCc1ccccc1NC(=O)c1cc(C(C)C)nc2onc(C)c12. The molecule has 0 bridgehead atoms. The van der Waals surface area contributed by atoms with Crippen molar-refractivity contribution in [2.24, 2.45) is 0 Å². The van der Waals surface area contributed by atoms with E-state index in [-0.39, 0.29) is 11.8 Å². The number of benzene rings is 1. The van der Waals surface area contributed by atoms with Gasteiger partial charge in [0.05, 0.1) is 16.6 Å². The molecule has 3 rings (SSSR count). The molecular weight excluding hydrogens is 314 g/mol. The maximum Gasteiger partial charge on any atom is 0.259 e. The molecule has 130 valence electrons. The Morgan fingerprint density at radius 1 is 1.28 bits per heavy atom. The number of carbonyl (C=O) groups excluding carboxylic acids is 1. The summed E-state index contributed by atoms with van der Waals surface area (Å²) in [7, 11) is 0. The molecule has 0 atom stereocenters. The fourth-order valence-corrected chi connectivity index (χ4v) is 2.91. The molecule has 0 saturated heterocycles. The van der Waals surface area contributed by atoms with Crippen LogP contribution in [-0.2, 0) is 6.42 Å². The smallest absolute Gasteiger partial charge is 0.259 e. The van der Waals surface area contributed by atoms with Gasteiger partial charge in [-0.3, -0.25) is 4.79 Å². The maximum absolute atomic E-state index is 13.0. The van der Waals surface area contributed by atoms with E-state index in [9.17, 15) is 4.79 Å². The lowest BCUT2D eigenvalue weighted by Gasteiger charge is -2.12. The molecule has 0 spiro atoms. The van der Waals surface area contributed by atoms with Gasteiger partial charge in [0, 0.05) is 11.4 Å². The average molecular weight is 337 g/mol. The van der Waals surface area contributed by atoms with Crippen molar-refractivity contribution >= 4 is 22.7 Å². The number of pyridine rings is 1. The minimum absolute atomic E-state index is 0.163. The van der Waals surface area contributed by atoms with Gasteiger partial charge in [-0.05, 0) is 37.0 Å². The fraction of sp³-hybridized carbons (Fsp3) is 0.350. The van der Waals surface area contributed by atoms with Crippen molar-refractivity contribution in [3.8, 4) is 0 Å². The van der Waals surface area contributed by atoms with Crippen LogP contribution in [0.4, 0.5) is 5.69 Å². The van der Waals surface area contributed by atoms with Crippen LogP contribution in [0.3, 0.4) is 0 Å². The van der Waals surface area contributed by atoms with E-state index in [0.29, 0.717) is 22.4 Å². The van der Waals surface area contributed by atoms with E-state index in [2.05, 4.69) is 22.4 Å². The summed E-state index contributed by atoms with van der Waals surface area (Å²) in [5.41, 5.74) is 4.43. The highest BCUT2D eigenvalue weighted by molar-refractivity contribution is 6.12. The van der Waals surface area contributed by atoms with Crippen LogP contribution in [0.2, 0.25) is 0 Å². The molecule has 2 heterocycles. The Labute approximate surface area is 147 Å². The van der Waals surface area contributed by atoms with Crippen LogP contribution in [0.15, 0.2) is 34.9 Å². The van der Waals surface area contributed by atoms with Gasteiger partial charge in [0.1, 0.15) is 0 Å². The molecule has 3 aromatic rings. The van der Waals surface area contributed by atoms with Crippen LogP contribution in [0.5, 0.6) is 0 Å². The molecule has 0 aliphatic heterocycles. The Hall–Kier alpha value is -2.69. The first-order valence-corrected chi connectivity index (χ1v) is 8.67. The van der Waals surface area contributed by atoms with Gasteiger partial charge >= 0.3 is 0 Å². The summed E-state index contributed by atoms with van der Waals surface area (Å²) in [6, 6.07) is 9.75. The zero-order valence-corrected chi connectivity index (χ0v) is 15.1. The number of nitrogens with zero attached hydrogens (tertiary/aromatic N) is 2. The second-order valence-electron chi connectivity index (χ2n) is 6.56. The number of hydrogen-bond acceptors (Lipinski definition) is 4. The first kappa shape index (κ1) is 17.1. The van der Waals surface area contributed by atoms with E-state index in [0.717, 1.165) is 29.8 Å². The van der Waals surface area contributed by atoms with Crippen molar-refractivity contribution in [3.05, 3.63) is 52.8 Å². The van der Waals surface area contributed by atoms with Crippen LogP contribution < -0.4 is 5.32 Å². The number of fused-ring (bicyclic) bond motifs is 1. The highest BCUT2D eigenvalue weighted by atomic mass is 16.5. The zero-order valence-electron chi connectivity index (χ0n) is 15.1. The van der Waals surface area contributed by atoms with Gasteiger partial charge in [-0.1, -0.05) is 50.5 Å². The molecular formula is C20H23N3O2. The van der Waals surface area contributed by atoms with Gasteiger partial charge in [-0.25, -0.2) is 4.98 Å². The summed E-state index contributed by atoms with van der Waals surface area (Å²) in [6.45, 7) is 8.02. The summed E-state index contributed by atoms with van der Waals surface area (Å²) in [5.74, 6) is 0.0258. The lowest BCUT2D eigenvalue weighted by atomic mass is 10.0. The standard InChI is InChI=1S/C20H23N3O2/c1-5-8-14-9-6-7-10-16(14)21-19(24)15-11-17(12(2)3)22-20-18(15)13(4)23-25-20/h6-7,9-12H,5,8H2,1-4H3,(H,21,24). The summed E-state index contributed by atoms with van der Waals surface area (Å²) >= 11 is 0. The number of nitrogens with one attached hydrogen (secondary N) is 1. The Balaban J connectivity index is 2.04. The van der Waals surface area contributed by atoms with Gasteiger partial charge in [0.2, 0.25) is 0 Å². The van der Waals surface area contributed by atoms with Crippen LogP contribution in [0.1, 0.15) is 60.4 Å². The van der Waals surface area contributed by atoms with Gasteiger partial charge < -0.3 is 9.84 Å². The largest absolute Gasteiger partial charge is 0.336 e. The number of rotatable bonds is 5. The number of aromatic nitrogens is 2. The fourth-order valence-electron chi connectivity index (χ4n) is 2.91. The number of anilines is 1. The number of aryl methyl sites for hydroxylation is 2. The second kappa shape index (κ2) is 7.05. The summed E-state index contributed by atoms with van der Waals surface area (Å²) in [4.78, 5) is 17.5. The molecule has 0 aliphatic rings. The first-order valence-electron chi connectivity index (χ1n) is 8.67. The topological polar surface area (TPSA) is 68.0 Å². The third-order valence-electron chi connectivity index (χ3n) is 4.26. The van der Waals surface area contributed by atoms with Gasteiger partial charge in [0.25, 0.3) is 11.6 Å². The van der Waals surface area contributed by atoms with E-state index in [1.165, 1.54) is 0 Å². The number of carbonyl (C=O) groups is 1. The predicted octanol–water partition coefficient (Wildman–Crippen LogP) is 4.86. The zero-order chi connectivity index (χ0) is 18.0. The summed E-state index contributed by atoms with van der Waals surface area (Å²) in [6.07, 6.45) is 1.94. The molecule has 25 heavy (non-hydrogen) atoms. The summed E-state index contributed by atoms with van der Waals surface area (Å²) in [5, 5.41) is 7.70. The Bertz CT molecular complexity index is 912. The van der Waals surface area contributed by atoms with Crippen LogP contribution >= 0.6 is 0 Å². The quantitative estimate of drug-likeness (QED) is 0.722. The third kappa shape index (κ3) is 3.40. The lowest BCUT2D eigenvalue weighted by molar-refractivity contribution is 0.102. The van der Waals surface area contributed by atoms with Crippen molar-refractivity contribution in [2.75, 3.05) is 5.32 Å². The number of hydrogen-bond donors (Lipinski definition) is 1. The highest BCUT2D eigenvalue weighted by Crippen LogP contribution is 2.26. The first-order chi connectivity index (χ1) is 12.0. The Morgan fingerprint density at radius 2 is 2.04 bits per heavy atom. The van der Waals surface area contributed by atoms with Crippen LogP contribution in [0, 0.1) is 6.92 Å². The highest BCUT2D eigenvalue weighted by Gasteiger charge is 2.20. The maximum atomic E-state index is 13.0. The van der Waals surface area contributed by atoms with Gasteiger partial charge in [-0.15, -0.1) is 0 Å². The molecule has 0 radical (unpaired) electrons. The van der Waals surface area contributed by atoms with Crippen LogP contribution in [0.25, 0.3) is 11.1 Å². The minimum atomic E-state index is -0.163. The molecule has 0 unspecified atom stereocenters. The number of amides is 1. The molecule has 0 saturated carbocycles. The monoisotopic (exact) mass is 337 g/mol. The van der Waals surface area contributed by atoms with Crippen molar-refractivity contribution in [1.29, 1.82) is 0 Å². The van der Waals surface area contributed by atoms with E-state index < -0.39 is 0 Å². The van der Waals surface area contributed by atoms with Crippen LogP contribution in [-0.4, -0.2) is 16.0 Å². The van der Waals surface area contributed by atoms with E-state index >= 15 is 0 Å². The Morgan fingerprint density at radius 3 is 2.76 bits per heavy atom. The van der Waals surface area contributed by atoms with Crippen molar-refractivity contribution in [1.82, 2.24) is 10.1 Å². The Kier molecular flexibility index (Phi) is 4.83. The van der Waals surface area contributed by atoms with E-state index in [1.54, 1.807) is 0 Å². The molecule has 1 N–H and O–H groups in total. The molecule has 1 amide bonds. The van der Waals surface area contributed by atoms with Gasteiger partial charge in [-0.2, -0.15) is 0 Å². The molecule has 0 aliphatic carbocycles. The second-order valence-corrected chi connectivity index (χ2v) is 6.56. The average Bonchev–Trinajstić information content (AvgIpc) is 2.97. The molecule has 0 fully saturated rings. The number of para-hydroxylation sites is 1. The molecule has 5 heteroatoms. The lowest BCUT2D eigenvalue weighted by Crippen LogP contribution is -2.15.